The molecule has 0 aliphatic heterocycles. The van der Waals surface area contributed by atoms with E-state index in [0.717, 1.165) is 32.1 Å². The molecule has 2 fully saturated rings. The molecule has 2 aliphatic rings. The first-order valence-electron chi connectivity index (χ1n) is 8.51. The number of carbonyl (C=O) groups is 1. The van der Waals surface area contributed by atoms with Gasteiger partial charge in [0.05, 0.1) is 6.10 Å². The van der Waals surface area contributed by atoms with Crippen molar-refractivity contribution in [2.75, 3.05) is 0 Å². The van der Waals surface area contributed by atoms with Crippen LogP contribution in [0.25, 0.3) is 0 Å². The quantitative estimate of drug-likeness (QED) is 0.782. The van der Waals surface area contributed by atoms with Crippen molar-refractivity contribution >= 4 is 14.1 Å². The summed E-state index contributed by atoms with van der Waals surface area (Å²) in [5, 5.41) is 11.2. The van der Waals surface area contributed by atoms with Crippen LogP contribution in [0.5, 0.6) is 0 Å². The molecule has 0 aromatic carbocycles. The predicted octanol–water partition coefficient (Wildman–Crippen LogP) is 4.05. The SMILES string of the molecule is CC(C)(C)[Si](C)(C)O[C@H]1[C@@H]2CCCCC(=O)[C@@]1(O)CCC2. The number of hydrogen-bond donors (Lipinski definition) is 1. The first kappa shape index (κ1) is 17.2. The molecule has 122 valence electrons. The molecule has 0 spiro atoms. The van der Waals surface area contributed by atoms with Crippen molar-refractivity contribution in [3.05, 3.63) is 0 Å². The molecule has 0 radical (unpaired) electrons. The van der Waals surface area contributed by atoms with E-state index in [-0.39, 0.29) is 16.9 Å². The van der Waals surface area contributed by atoms with Gasteiger partial charge in [0.2, 0.25) is 0 Å². The van der Waals surface area contributed by atoms with Crippen LogP contribution in [-0.2, 0) is 9.22 Å². The van der Waals surface area contributed by atoms with Gasteiger partial charge in [-0.15, -0.1) is 0 Å². The summed E-state index contributed by atoms with van der Waals surface area (Å²) in [5.41, 5.74) is -1.22. The lowest BCUT2D eigenvalue weighted by atomic mass is 9.69. The molecular formula is C17H32O3Si. The fourth-order valence-electron chi connectivity index (χ4n) is 3.51. The molecule has 0 aromatic rings. The lowest BCUT2D eigenvalue weighted by Gasteiger charge is -2.50. The highest BCUT2D eigenvalue weighted by atomic mass is 28.4. The Labute approximate surface area is 130 Å². The molecule has 2 rings (SSSR count). The molecular weight excluding hydrogens is 280 g/mol. The minimum atomic E-state index is -1.99. The number of hydrogen-bond acceptors (Lipinski definition) is 3. The van der Waals surface area contributed by atoms with Crippen molar-refractivity contribution in [1.29, 1.82) is 0 Å². The van der Waals surface area contributed by atoms with Crippen LogP contribution in [0.3, 0.4) is 0 Å². The molecule has 0 unspecified atom stereocenters. The highest BCUT2D eigenvalue weighted by Crippen LogP contribution is 2.45. The van der Waals surface area contributed by atoms with Crippen LogP contribution in [0.1, 0.15) is 65.7 Å². The molecule has 0 saturated heterocycles. The monoisotopic (exact) mass is 312 g/mol. The Balaban J connectivity index is 2.31. The van der Waals surface area contributed by atoms with Gasteiger partial charge < -0.3 is 9.53 Å². The van der Waals surface area contributed by atoms with Crippen LogP contribution in [-0.4, -0.2) is 30.9 Å². The van der Waals surface area contributed by atoms with E-state index < -0.39 is 13.9 Å². The molecule has 0 amide bonds. The van der Waals surface area contributed by atoms with E-state index in [2.05, 4.69) is 33.9 Å². The molecule has 2 bridgehead atoms. The van der Waals surface area contributed by atoms with Gasteiger partial charge in [-0.25, -0.2) is 0 Å². The second kappa shape index (κ2) is 5.78. The summed E-state index contributed by atoms with van der Waals surface area (Å²) in [4.78, 5) is 12.5. The summed E-state index contributed by atoms with van der Waals surface area (Å²) in [6.07, 6.45) is 5.96. The standard InChI is InChI=1S/C17H32O3Si/c1-16(2,3)21(4,5)20-15-13-9-6-7-11-14(18)17(15,19)12-8-10-13/h13,15,19H,6-12H2,1-5H3/t13-,15+,17+/m1/s1. The van der Waals surface area contributed by atoms with E-state index in [1.165, 1.54) is 0 Å². The average Bonchev–Trinajstić information content (AvgIpc) is 2.36. The van der Waals surface area contributed by atoms with Crippen molar-refractivity contribution in [3.63, 3.8) is 0 Å². The number of Topliss-reactive ketones (excluding diaryl/α,β-unsaturated/α-hetero) is 1. The van der Waals surface area contributed by atoms with Gasteiger partial charge in [0, 0.05) is 6.42 Å². The van der Waals surface area contributed by atoms with Gasteiger partial charge >= 0.3 is 0 Å². The van der Waals surface area contributed by atoms with Crippen LogP contribution < -0.4 is 0 Å². The van der Waals surface area contributed by atoms with E-state index in [1.54, 1.807) is 0 Å². The predicted molar refractivity (Wildman–Crippen MR) is 87.8 cm³/mol. The van der Waals surface area contributed by atoms with Crippen molar-refractivity contribution in [3.8, 4) is 0 Å². The molecule has 4 heteroatoms. The van der Waals surface area contributed by atoms with Gasteiger partial charge in [-0.1, -0.05) is 27.2 Å². The largest absolute Gasteiger partial charge is 0.410 e. The van der Waals surface area contributed by atoms with Crippen LogP contribution >= 0.6 is 0 Å². The van der Waals surface area contributed by atoms with Crippen molar-refractivity contribution in [2.24, 2.45) is 5.92 Å². The zero-order valence-electron chi connectivity index (χ0n) is 14.4. The number of ketones is 1. The Bertz CT molecular complexity index is 399. The maximum atomic E-state index is 12.5. The molecule has 1 N–H and O–H groups in total. The fraction of sp³-hybridized carbons (Fsp3) is 0.941. The number of fused-ring (bicyclic) bond motifs is 2. The maximum Gasteiger partial charge on any atom is 0.192 e. The second-order valence-electron chi connectivity index (χ2n) is 8.54. The fourth-order valence-corrected chi connectivity index (χ4v) is 4.88. The normalized spacial score (nSPS) is 35.2. The molecule has 0 aromatic heterocycles. The van der Waals surface area contributed by atoms with E-state index in [1.807, 2.05) is 0 Å². The Morgan fingerprint density at radius 3 is 2.43 bits per heavy atom. The summed E-state index contributed by atoms with van der Waals surface area (Å²) >= 11 is 0. The zero-order valence-corrected chi connectivity index (χ0v) is 15.4. The third kappa shape index (κ3) is 3.27. The smallest absolute Gasteiger partial charge is 0.192 e. The number of carbonyl (C=O) groups excluding carboxylic acids is 1. The van der Waals surface area contributed by atoms with Gasteiger partial charge in [0.25, 0.3) is 0 Å². The zero-order chi connectivity index (χ0) is 15.9. The van der Waals surface area contributed by atoms with Crippen molar-refractivity contribution in [1.82, 2.24) is 0 Å². The number of aliphatic hydroxyl groups is 1. The molecule has 3 atom stereocenters. The Morgan fingerprint density at radius 1 is 1.19 bits per heavy atom. The van der Waals surface area contributed by atoms with E-state index in [9.17, 15) is 9.90 Å². The topological polar surface area (TPSA) is 46.5 Å². The third-order valence-electron chi connectivity index (χ3n) is 5.97. The Morgan fingerprint density at radius 2 is 1.81 bits per heavy atom. The molecule has 2 saturated carbocycles. The summed E-state index contributed by atoms with van der Waals surface area (Å²) < 4.78 is 6.59. The van der Waals surface area contributed by atoms with Crippen LogP contribution in [0.2, 0.25) is 18.1 Å². The highest BCUT2D eigenvalue weighted by molar-refractivity contribution is 6.74. The maximum absolute atomic E-state index is 12.5. The van der Waals surface area contributed by atoms with Crippen molar-refractivity contribution < 1.29 is 14.3 Å². The van der Waals surface area contributed by atoms with Crippen LogP contribution in [0, 0.1) is 5.92 Å². The molecule has 0 heterocycles. The van der Waals surface area contributed by atoms with Gasteiger partial charge in [-0.3, -0.25) is 4.79 Å². The van der Waals surface area contributed by atoms with Crippen LogP contribution in [0.4, 0.5) is 0 Å². The minimum Gasteiger partial charge on any atom is -0.410 e. The van der Waals surface area contributed by atoms with E-state index in [4.69, 9.17) is 4.43 Å². The van der Waals surface area contributed by atoms with E-state index >= 15 is 0 Å². The molecule has 21 heavy (non-hydrogen) atoms. The summed E-state index contributed by atoms with van der Waals surface area (Å²) in [6, 6.07) is 0. The first-order valence-corrected chi connectivity index (χ1v) is 11.4. The van der Waals surface area contributed by atoms with Gasteiger partial charge in [-0.2, -0.15) is 0 Å². The lowest BCUT2D eigenvalue weighted by Crippen LogP contribution is -2.61. The minimum absolute atomic E-state index is 0.0237. The second-order valence-corrected chi connectivity index (χ2v) is 13.3. The lowest BCUT2D eigenvalue weighted by molar-refractivity contribution is -0.164. The summed E-state index contributed by atoms with van der Waals surface area (Å²) in [7, 11) is -1.99. The number of rotatable bonds is 2. The van der Waals surface area contributed by atoms with Gasteiger partial charge in [0.15, 0.2) is 14.1 Å². The third-order valence-corrected chi connectivity index (χ3v) is 10.4. The first-order chi connectivity index (χ1) is 9.58. The van der Waals surface area contributed by atoms with Crippen molar-refractivity contribution in [2.45, 2.75) is 95.6 Å². The Hall–Kier alpha value is -0.193. The van der Waals surface area contributed by atoms with Gasteiger partial charge in [0.1, 0.15) is 5.60 Å². The van der Waals surface area contributed by atoms with Gasteiger partial charge in [-0.05, 0) is 56.2 Å². The van der Waals surface area contributed by atoms with Crippen LogP contribution in [0.15, 0.2) is 0 Å². The van der Waals surface area contributed by atoms with E-state index in [0.29, 0.717) is 18.8 Å². The summed E-state index contributed by atoms with van der Waals surface area (Å²) in [5.74, 6) is 0.373. The highest BCUT2D eigenvalue weighted by Gasteiger charge is 2.53. The molecule has 3 nitrogen and oxygen atoms in total. The molecule has 2 aliphatic carbocycles. The summed E-state index contributed by atoms with van der Waals surface area (Å²) in [6.45, 7) is 11.1. The average molecular weight is 313 g/mol. The Kier molecular flexibility index (Phi) is 4.73.